The summed E-state index contributed by atoms with van der Waals surface area (Å²) >= 11 is 1.52. The molecule has 2 heterocycles. The molecule has 0 aromatic carbocycles. The monoisotopic (exact) mass is 297 g/mol. The third-order valence-corrected chi connectivity index (χ3v) is 4.38. The first-order valence-corrected chi connectivity index (χ1v) is 7.62. The van der Waals surface area contributed by atoms with Gasteiger partial charge in [-0.25, -0.2) is 0 Å². The maximum absolute atomic E-state index is 12.3. The maximum Gasteiger partial charge on any atom is 0.308 e. The molecule has 1 N–H and O–H groups in total. The fourth-order valence-electron chi connectivity index (χ4n) is 2.71. The fraction of sp³-hybridized carbons (Fsp3) is 0.571. The third kappa shape index (κ3) is 3.19. The van der Waals surface area contributed by atoms with Gasteiger partial charge in [0.1, 0.15) is 0 Å². The summed E-state index contributed by atoms with van der Waals surface area (Å²) in [4.78, 5) is 25.5. The van der Waals surface area contributed by atoms with Gasteiger partial charge in [-0.3, -0.25) is 9.59 Å². The molecule has 2 atom stereocenters. The molecule has 6 heteroatoms. The minimum Gasteiger partial charge on any atom is -0.481 e. The Bertz CT molecular complexity index is 460. The first-order valence-electron chi connectivity index (χ1n) is 6.68. The maximum atomic E-state index is 12.3. The number of methoxy groups -OCH3 is 1. The molecule has 0 bridgehead atoms. The van der Waals surface area contributed by atoms with Crippen LogP contribution < -0.4 is 0 Å². The first kappa shape index (κ1) is 15.0. The zero-order chi connectivity index (χ0) is 14.5. The summed E-state index contributed by atoms with van der Waals surface area (Å²) in [6, 6.07) is 1.52. The van der Waals surface area contributed by atoms with Crippen LogP contribution in [0.4, 0.5) is 0 Å². The van der Waals surface area contributed by atoms with Gasteiger partial charge in [0.25, 0.3) is 0 Å². The fourth-order valence-corrected chi connectivity index (χ4v) is 3.40. The van der Waals surface area contributed by atoms with Gasteiger partial charge in [-0.2, -0.15) is 11.3 Å². The number of carbonyl (C=O) groups excluding carboxylic acids is 1. The van der Waals surface area contributed by atoms with Crippen LogP contribution in [0.5, 0.6) is 0 Å². The molecule has 1 amide bonds. The van der Waals surface area contributed by atoms with Crippen LogP contribution >= 0.6 is 11.3 Å². The van der Waals surface area contributed by atoms with Crippen molar-refractivity contribution in [2.24, 2.45) is 5.92 Å². The van der Waals surface area contributed by atoms with E-state index in [-0.39, 0.29) is 11.9 Å². The molecule has 1 aliphatic rings. The highest BCUT2D eigenvalue weighted by molar-refractivity contribution is 7.08. The van der Waals surface area contributed by atoms with Crippen LogP contribution in [0.3, 0.4) is 0 Å². The van der Waals surface area contributed by atoms with E-state index in [1.54, 1.807) is 12.0 Å². The van der Waals surface area contributed by atoms with Crippen LogP contribution in [0.25, 0.3) is 0 Å². The molecule has 2 rings (SSSR count). The number of amides is 1. The predicted octanol–water partition coefficient (Wildman–Crippen LogP) is 2.15. The van der Waals surface area contributed by atoms with Crippen LogP contribution in [0.1, 0.15) is 30.9 Å². The summed E-state index contributed by atoms with van der Waals surface area (Å²) in [6.45, 7) is 0.846. The summed E-state index contributed by atoms with van der Waals surface area (Å²) in [5.74, 6) is -1.37. The second-order valence-corrected chi connectivity index (χ2v) is 5.70. The zero-order valence-corrected chi connectivity index (χ0v) is 12.3. The molecule has 0 spiro atoms. The van der Waals surface area contributed by atoms with Gasteiger partial charge in [0, 0.05) is 20.1 Å². The molecule has 0 radical (unpaired) electrons. The van der Waals surface area contributed by atoms with Gasteiger partial charge >= 0.3 is 5.97 Å². The minimum atomic E-state index is -0.835. The standard InChI is InChI=1S/C14H19NO4S/c1-19-7-6-15-12(16)4-2-3-11(14(17)18)13(15)10-5-8-20-9-10/h5,8-9,11,13H,2-4,6-7H2,1H3,(H,17,18). The van der Waals surface area contributed by atoms with Gasteiger partial charge in [0.2, 0.25) is 5.91 Å². The Morgan fingerprint density at radius 3 is 3.00 bits per heavy atom. The lowest BCUT2D eigenvalue weighted by atomic mass is 9.90. The van der Waals surface area contributed by atoms with E-state index in [2.05, 4.69) is 0 Å². The summed E-state index contributed by atoms with van der Waals surface area (Å²) in [5.41, 5.74) is 0.911. The molecule has 0 saturated carbocycles. The lowest BCUT2D eigenvalue weighted by Gasteiger charge is -2.33. The Morgan fingerprint density at radius 2 is 2.40 bits per heavy atom. The average Bonchev–Trinajstić information content (AvgIpc) is 2.88. The van der Waals surface area contributed by atoms with Crippen molar-refractivity contribution >= 4 is 23.2 Å². The highest BCUT2D eigenvalue weighted by Gasteiger charge is 2.38. The van der Waals surface area contributed by atoms with Crippen molar-refractivity contribution in [1.82, 2.24) is 4.90 Å². The van der Waals surface area contributed by atoms with E-state index in [0.29, 0.717) is 32.4 Å². The number of carboxylic acids is 1. The molecule has 5 nitrogen and oxygen atoms in total. The van der Waals surface area contributed by atoms with Gasteiger partial charge in [-0.15, -0.1) is 0 Å². The highest BCUT2D eigenvalue weighted by atomic mass is 32.1. The van der Waals surface area contributed by atoms with Crippen LogP contribution in [0, 0.1) is 5.92 Å². The topological polar surface area (TPSA) is 66.8 Å². The summed E-state index contributed by atoms with van der Waals surface area (Å²) in [5, 5.41) is 13.3. The smallest absolute Gasteiger partial charge is 0.308 e. The lowest BCUT2D eigenvalue weighted by molar-refractivity contribution is -0.146. The molecular weight excluding hydrogens is 278 g/mol. The van der Waals surface area contributed by atoms with E-state index in [9.17, 15) is 14.7 Å². The van der Waals surface area contributed by atoms with Crippen LogP contribution in [-0.4, -0.2) is 42.1 Å². The molecule has 1 aromatic heterocycles. The number of nitrogens with zero attached hydrogens (tertiary/aromatic N) is 1. The number of likely N-dealkylation sites (tertiary alicyclic amines) is 1. The quantitative estimate of drug-likeness (QED) is 0.904. The third-order valence-electron chi connectivity index (χ3n) is 3.68. The first-order chi connectivity index (χ1) is 9.65. The van der Waals surface area contributed by atoms with Crippen molar-refractivity contribution in [2.45, 2.75) is 25.3 Å². The van der Waals surface area contributed by atoms with Crippen LogP contribution in [0.15, 0.2) is 16.8 Å². The van der Waals surface area contributed by atoms with E-state index in [4.69, 9.17) is 4.74 Å². The Balaban J connectivity index is 2.35. The molecule has 110 valence electrons. The van der Waals surface area contributed by atoms with Crippen molar-refractivity contribution in [2.75, 3.05) is 20.3 Å². The molecule has 1 saturated heterocycles. The number of ether oxygens (including phenoxy) is 1. The van der Waals surface area contributed by atoms with Gasteiger partial charge in [0.15, 0.2) is 0 Å². The molecule has 1 aliphatic heterocycles. The molecular formula is C14H19NO4S. The molecule has 20 heavy (non-hydrogen) atoms. The number of rotatable bonds is 5. The number of aliphatic carboxylic acids is 1. The molecule has 2 unspecified atom stereocenters. The molecule has 1 fully saturated rings. The van der Waals surface area contributed by atoms with Gasteiger partial charge in [-0.05, 0) is 35.2 Å². The Hall–Kier alpha value is -1.40. The Labute approximate surface area is 122 Å². The second-order valence-electron chi connectivity index (χ2n) is 4.92. The zero-order valence-electron chi connectivity index (χ0n) is 11.4. The molecule has 0 aliphatic carbocycles. The second kappa shape index (κ2) is 6.85. The van der Waals surface area contributed by atoms with E-state index < -0.39 is 11.9 Å². The highest BCUT2D eigenvalue weighted by Crippen LogP contribution is 2.36. The Morgan fingerprint density at radius 1 is 1.60 bits per heavy atom. The predicted molar refractivity (Wildman–Crippen MR) is 75.6 cm³/mol. The number of hydrogen-bond donors (Lipinski definition) is 1. The largest absolute Gasteiger partial charge is 0.481 e. The average molecular weight is 297 g/mol. The van der Waals surface area contributed by atoms with E-state index in [0.717, 1.165) is 5.56 Å². The van der Waals surface area contributed by atoms with E-state index >= 15 is 0 Å². The van der Waals surface area contributed by atoms with Crippen molar-refractivity contribution < 1.29 is 19.4 Å². The lowest BCUT2D eigenvalue weighted by Crippen LogP contribution is -2.40. The Kier molecular flexibility index (Phi) is 5.14. The van der Waals surface area contributed by atoms with Crippen molar-refractivity contribution in [3.63, 3.8) is 0 Å². The van der Waals surface area contributed by atoms with Crippen molar-refractivity contribution in [1.29, 1.82) is 0 Å². The normalized spacial score (nSPS) is 23.6. The van der Waals surface area contributed by atoms with Crippen molar-refractivity contribution in [3.8, 4) is 0 Å². The number of carbonyl (C=O) groups is 2. The van der Waals surface area contributed by atoms with E-state index in [1.165, 1.54) is 11.3 Å². The summed E-state index contributed by atoms with van der Waals surface area (Å²) < 4.78 is 5.06. The SMILES string of the molecule is COCCN1C(=O)CCCC(C(=O)O)C1c1ccsc1. The van der Waals surface area contributed by atoms with Gasteiger partial charge in [0.05, 0.1) is 18.6 Å². The number of carboxylic acid groups (broad SMARTS) is 1. The van der Waals surface area contributed by atoms with E-state index in [1.807, 2.05) is 16.8 Å². The van der Waals surface area contributed by atoms with Crippen LogP contribution in [0.2, 0.25) is 0 Å². The number of hydrogen-bond acceptors (Lipinski definition) is 4. The summed E-state index contributed by atoms with van der Waals surface area (Å²) in [6.07, 6.45) is 1.57. The van der Waals surface area contributed by atoms with Crippen molar-refractivity contribution in [3.05, 3.63) is 22.4 Å². The summed E-state index contributed by atoms with van der Waals surface area (Å²) in [7, 11) is 1.58. The van der Waals surface area contributed by atoms with Gasteiger partial charge in [-0.1, -0.05) is 0 Å². The molecule has 1 aromatic rings. The number of thiophene rings is 1. The minimum absolute atomic E-state index is 0.0157. The van der Waals surface area contributed by atoms with Crippen LogP contribution in [-0.2, 0) is 14.3 Å². The van der Waals surface area contributed by atoms with Gasteiger partial charge < -0.3 is 14.7 Å².